The van der Waals surface area contributed by atoms with E-state index in [0.29, 0.717) is 22.8 Å². The Morgan fingerprint density at radius 1 is 1.17 bits per heavy atom. The third-order valence-electron chi connectivity index (χ3n) is 5.27. The van der Waals surface area contributed by atoms with Gasteiger partial charge in [0.15, 0.2) is 10.8 Å². The first-order valence-electron chi connectivity index (χ1n) is 8.43. The number of ether oxygens (including phenoxy) is 1. The lowest BCUT2D eigenvalue weighted by molar-refractivity contribution is 0.0655. The summed E-state index contributed by atoms with van der Waals surface area (Å²) in [6, 6.07) is 8.79. The molecule has 2 aromatic rings. The van der Waals surface area contributed by atoms with Crippen LogP contribution in [0.2, 0.25) is 0 Å². The molecule has 2 fully saturated rings. The van der Waals surface area contributed by atoms with Crippen LogP contribution in [0.1, 0.15) is 43.0 Å². The fourth-order valence-electron chi connectivity index (χ4n) is 3.82. The molecule has 0 N–H and O–H groups in total. The number of hydrogen-bond acceptors (Lipinski definition) is 6. The Kier molecular flexibility index (Phi) is 4.10. The van der Waals surface area contributed by atoms with E-state index in [1.54, 1.807) is 6.92 Å². The summed E-state index contributed by atoms with van der Waals surface area (Å²) in [5.74, 6) is 0.0692. The maximum absolute atomic E-state index is 11.4. The first-order valence-corrected chi connectivity index (χ1v) is 9.25. The van der Waals surface area contributed by atoms with Gasteiger partial charge in [0.1, 0.15) is 6.10 Å². The number of piperidine rings is 1. The molecule has 0 aliphatic carbocycles. The number of hydrogen-bond donors (Lipinski definition) is 0. The molecule has 2 unspecified atom stereocenters. The van der Waals surface area contributed by atoms with Crippen molar-refractivity contribution in [1.29, 1.82) is 0 Å². The van der Waals surface area contributed by atoms with E-state index < -0.39 is 0 Å². The van der Waals surface area contributed by atoms with Crippen molar-refractivity contribution >= 4 is 17.1 Å². The number of aromatic nitrogens is 2. The number of carbonyl (C=O) groups is 1. The zero-order valence-corrected chi connectivity index (χ0v) is 14.8. The van der Waals surface area contributed by atoms with E-state index in [4.69, 9.17) is 4.74 Å². The second kappa shape index (κ2) is 6.26. The summed E-state index contributed by atoms with van der Waals surface area (Å²) in [6.07, 6.45) is 4.97. The Balaban J connectivity index is 1.44. The van der Waals surface area contributed by atoms with Gasteiger partial charge in [0.05, 0.1) is 0 Å². The molecule has 24 heavy (non-hydrogen) atoms. The summed E-state index contributed by atoms with van der Waals surface area (Å²) in [6.45, 7) is 1.57. The monoisotopic (exact) mass is 343 g/mol. The quantitative estimate of drug-likeness (QED) is 0.796. The summed E-state index contributed by atoms with van der Waals surface area (Å²) in [5.41, 5.74) is 1.68. The van der Waals surface area contributed by atoms with Gasteiger partial charge in [-0.15, -0.1) is 5.10 Å². The van der Waals surface area contributed by atoms with Crippen LogP contribution in [-0.4, -0.2) is 46.1 Å². The van der Waals surface area contributed by atoms with Crippen LogP contribution < -0.4 is 4.74 Å². The molecule has 0 saturated carbocycles. The number of nitrogens with zero attached hydrogens (tertiary/aromatic N) is 3. The van der Waals surface area contributed by atoms with E-state index in [9.17, 15) is 4.79 Å². The highest BCUT2D eigenvalue weighted by Gasteiger charge is 2.39. The predicted molar refractivity (Wildman–Crippen MR) is 93.6 cm³/mol. The number of ketones is 1. The lowest BCUT2D eigenvalue weighted by atomic mass is 10.0. The Morgan fingerprint density at radius 2 is 1.83 bits per heavy atom. The molecular weight excluding hydrogens is 322 g/mol. The molecule has 3 heterocycles. The first-order chi connectivity index (χ1) is 11.6. The van der Waals surface area contributed by atoms with Crippen LogP contribution in [0.15, 0.2) is 24.3 Å². The van der Waals surface area contributed by atoms with Crippen molar-refractivity contribution in [3.8, 4) is 15.8 Å². The van der Waals surface area contributed by atoms with Gasteiger partial charge in [-0.1, -0.05) is 40.7 Å². The van der Waals surface area contributed by atoms with Crippen LogP contribution in [0, 0.1) is 0 Å². The molecule has 126 valence electrons. The molecule has 2 saturated heterocycles. The largest absolute Gasteiger partial charge is 0.465 e. The Bertz CT molecular complexity index is 729. The van der Waals surface area contributed by atoms with Gasteiger partial charge in [-0.3, -0.25) is 4.79 Å². The number of benzene rings is 1. The smallest absolute Gasteiger partial charge is 0.294 e. The highest BCUT2D eigenvalue weighted by atomic mass is 32.1. The van der Waals surface area contributed by atoms with Crippen molar-refractivity contribution in [3.63, 3.8) is 0 Å². The number of rotatable bonds is 4. The molecule has 6 heteroatoms. The SMILES string of the molecule is CC(=O)c1ccc(-c2nnc(OC3CC4CC[C@@H](C3)N4C)s2)cc1. The second-order valence-corrected chi connectivity index (χ2v) is 7.71. The maximum atomic E-state index is 11.4. The van der Waals surface area contributed by atoms with Crippen LogP contribution in [0.4, 0.5) is 0 Å². The lowest BCUT2D eigenvalue weighted by Gasteiger charge is -2.35. The minimum Gasteiger partial charge on any atom is -0.465 e. The zero-order chi connectivity index (χ0) is 16.7. The topological polar surface area (TPSA) is 55.3 Å². The van der Waals surface area contributed by atoms with E-state index in [0.717, 1.165) is 23.4 Å². The van der Waals surface area contributed by atoms with Gasteiger partial charge in [-0.2, -0.15) is 0 Å². The predicted octanol–water partition coefficient (Wildman–Crippen LogP) is 3.41. The van der Waals surface area contributed by atoms with Crippen LogP contribution >= 0.6 is 11.3 Å². The molecule has 4 rings (SSSR count). The fourth-order valence-corrected chi connectivity index (χ4v) is 4.59. The Labute approximate surface area is 145 Å². The zero-order valence-electron chi connectivity index (χ0n) is 13.9. The summed E-state index contributed by atoms with van der Waals surface area (Å²) >= 11 is 1.47. The molecule has 0 radical (unpaired) electrons. The molecule has 1 aromatic heterocycles. The van der Waals surface area contributed by atoms with Gasteiger partial charge in [0.25, 0.3) is 5.19 Å². The van der Waals surface area contributed by atoms with E-state index >= 15 is 0 Å². The van der Waals surface area contributed by atoms with Crippen LogP contribution in [-0.2, 0) is 0 Å². The van der Waals surface area contributed by atoms with Crippen molar-refractivity contribution in [2.45, 2.75) is 50.8 Å². The van der Waals surface area contributed by atoms with Crippen LogP contribution in [0.3, 0.4) is 0 Å². The van der Waals surface area contributed by atoms with Crippen molar-refractivity contribution in [1.82, 2.24) is 15.1 Å². The summed E-state index contributed by atoms with van der Waals surface area (Å²) in [7, 11) is 2.23. The van der Waals surface area contributed by atoms with E-state index in [1.165, 1.54) is 24.2 Å². The highest BCUT2D eigenvalue weighted by molar-refractivity contribution is 7.16. The molecule has 1 aromatic carbocycles. The molecule has 2 bridgehead atoms. The molecule has 0 amide bonds. The third-order valence-corrected chi connectivity index (χ3v) is 6.13. The first kappa shape index (κ1) is 15.7. The molecule has 5 nitrogen and oxygen atoms in total. The second-order valence-electron chi connectivity index (χ2n) is 6.77. The van der Waals surface area contributed by atoms with Gasteiger partial charge in [0.2, 0.25) is 0 Å². The molecule has 2 aliphatic heterocycles. The minimum atomic E-state index is 0.0692. The van der Waals surface area contributed by atoms with Crippen molar-refractivity contribution < 1.29 is 9.53 Å². The Hall–Kier alpha value is -1.79. The summed E-state index contributed by atoms with van der Waals surface area (Å²) < 4.78 is 6.11. The van der Waals surface area contributed by atoms with Gasteiger partial charge in [-0.25, -0.2) is 0 Å². The number of Topliss-reactive ketones (excluding diaryl/α,β-unsaturated/α-hetero) is 1. The van der Waals surface area contributed by atoms with E-state index in [2.05, 4.69) is 22.1 Å². The van der Waals surface area contributed by atoms with Gasteiger partial charge >= 0.3 is 0 Å². The van der Waals surface area contributed by atoms with Gasteiger partial charge in [0, 0.05) is 23.2 Å². The van der Waals surface area contributed by atoms with Crippen molar-refractivity contribution in [2.75, 3.05) is 7.05 Å². The normalized spacial score (nSPS) is 26.5. The molecular formula is C18H21N3O2S. The van der Waals surface area contributed by atoms with Crippen molar-refractivity contribution in [3.05, 3.63) is 29.8 Å². The lowest BCUT2D eigenvalue weighted by Crippen LogP contribution is -2.43. The standard InChI is InChI=1S/C18H21N3O2S/c1-11(22)12-3-5-13(6-4-12)17-19-20-18(24-17)23-16-9-14-7-8-15(10-16)21(14)2/h3-6,14-16H,7-10H2,1-2H3/t14-,15?,16?/m0/s1. The van der Waals surface area contributed by atoms with Crippen molar-refractivity contribution in [2.24, 2.45) is 0 Å². The third kappa shape index (κ3) is 2.96. The fraction of sp³-hybridized carbons (Fsp3) is 0.500. The van der Waals surface area contributed by atoms with E-state index in [-0.39, 0.29) is 11.9 Å². The molecule has 2 aliphatic rings. The average Bonchev–Trinajstić information content (AvgIpc) is 3.09. The maximum Gasteiger partial charge on any atom is 0.294 e. The molecule has 0 spiro atoms. The minimum absolute atomic E-state index is 0.0692. The summed E-state index contributed by atoms with van der Waals surface area (Å²) in [4.78, 5) is 13.9. The number of carbonyl (C=O) groups excluding carboxylic acids is 1. The van der Waals surface area contributed by atoms with Gasteiger partial charge < -0.3 is 9.64 Å². The van der Waals surface area contributed by atoms with E-state index in [1.807, 2.05) is 24.3 Å². The van der Waals surface area contributed by atoms with Crippen LogP contribution in [0.25, 0.3) is 10.6 Å². The molecule has 3 atom stereocenters. The van der Waals surface area contributed by atoms with Gasteiger partial charge in [-0.05, 0) is 39.7 Å². The van der Waals surface area contributed by atoms with Crippen LogP contribution in [0.5, 0.6) is 5.19 Å². The summed E-state index contributed by atoms with van der Waals surface area (Å²) in [5, 5.41) is 9.92. The number of fused-ring (bicyclic) bond motifs is 2. The average molecular weight is 343 g/mol. The highest BCUT2D eigenvalue weighted by Crippen LogP contribution is 2.37. The Morgan fingerprint density at radius 3 is 2.46 bits per heavy atom.